The van der Waals surface area contributed by atoms with E-state index in [-0.39, 0.29) is 6.42 Å². The minimum absolute atomic E-state index is 0.000474. The summed E-state index contributed by atoms with van der Waals surface area (Å²) in [5, 5.41) is 98.0. The molecule has 0 spiro atoms. The summed E-state index contributed by atoms with van der Waals surface area (Å²) >= 11 is 0. The van der Waals surface area contributed by atoms with Crippen LogP contribution in [0.4, 0.5) is 0 Å². The molecular formula is C61H104O30. The van der Waals surface area contributed by atoms with Gasteiger partial charge in [-0.15, -0.1) is 0 Å². The van der Waals surface area contributed by atoms with Crippen LogP contribution in [0, 0.1) is 54.7 Å². The Morgan fingerprint density at radius 2 is 0.396 bits per heavy atom. The number of rotatable bonds is 49. The van der Waals surface area contributed by atoms with Gasteiger partial charge in [0.15, 0.2) is 0 Å². The normalized spacial score (nSPS) is 17.8. The summed E-state index contributed by atoms with van der Waals surface area (Å²) in [7, 11) is 0. The van der Waals surface area contributed by atoms with Crippen molar-refractivity contribution in [1.82, 2.24) is 0 Å². The highest BCUT2D eigenvalue weighted by Gasteiger charge is 2.61. The van der Waals surface area contributed by atoms with Crippen molar-refractivity contribution in [2.45, 2.75) is 140 Å². The average molecular weight is 1320 g/mol. The number of aliphatic hydroxyl groups is 10. The van der Waals surface area contributed by atoms with Crippen LogP contribution in [0.1, 0.15) is 140 Å². The summed E-state index contributed by atoms with van der Waals surface area (Å²) in [6, 6.07) is 0. The van der Waals surface area contributed by atoms with Crippen LogP contribution < -0.4 is 0 Å². The first-order chi connectivity index (χ1) is 42.4. The van der Waals surface area contributed by atoms with Gasteiger partial charge in [0.25, 0.3) is 0 Å². The smallest absolute Gasteiger partial charge is 0.311 e. The summed E-state index contributed by atoms with van der Waals surface area (Å²) in [4.78, 5) is 145. The lowest BCUT2D eigenvalue weighted by Crippen LogP contribution is -2.51. The second kappa shape index (κ2) is 39.8. The van der Waals surface area contributed by atoms with Crippen LogP contribution in [0.25, 0.3) is 0 Å². The lowest BCUT2D eigenvalue weighted by Gasteiger charge is -2.47. The van der Waals surface area contributed by atoms with Gasteiger partial charge in [-0.3, -0.25) is 47.9 Å². The number of ether oxygens (including phenoxy) is 10. The Kier molecular flexibility index (Phi) is 37.3. The highest BCUT2D eigenvalue weighted by atomic mass is 16.6. The van der Waals surface area contributed by atoms with Crippen molar-refractivity contribution in [2.24, 2.45) is 54.7 Å². The number of carbonyl (C=O) groups excluding carboxylic acids is 10. The molecule has 0 heterocycles. The van der Waals surface area contributed by atoms with Crippen molar-refractivity contribution in [3.63, 3.8) is 0 Å². The first-order valence-corrected chi connectivity index (χ1v) is 30.2. The Hall–Kier alpha value is -5.70. The highest BCUT2D eigenvalue weighted by Crippen LogP contribution is 2.57. The number of aliphatic hydroxyl groups excluding tert-OH is 10. The van der Waals surface area contributed by atoms with Crippen molar-refractivity contribution in [3.05, 3.63) is 0 Å². The molecule has 0 rings (SSSR count). The zero-order valence-electron chi connectivity index (χ0n) is 54.9. The van der Waals surface area contributed by atoms with Crippen molar-refractivity contribution < 1.29 is 146 Å². The van der Waals surface area contributed by atoms with Crippen LogP contribution in [0.15, 0.2) is 0 Å². The summed E-state index contributed by atoms with van der Waals surface area (Å²) in [5.74, 6) is -12.3. The van der Waals surface area contributed by atoms with E-state index in [1.165, 1.54) is 69.2 Å². The molecule has 0 aliphatic heterocycles. The van der Waals surface area contributed by atoms with Crippen LogP contribution in [0.5, 0.6) is 0 Å². The molecule has 0 aromatic heterocycles. The molecule has 0 radical (unpaired) electrons. The van der Waals surface area contributed by atoms with Gasteiger partial charge in [-0.05, 0) is 127 Å². The molecule has 0 amide bonds. The van der Waals surface area contributed by atoms with Crippen molar-refractivity contribution in [1.29, 1.82) is 0 Å². The van der Waals surface area contributed by atoms with Gasteiger partial charge in [-0.25, -0.2) is 0 Å². The Bertz CT molecular complexity index is 2330. The number of carbonyl (C=O) groups is 10. The van der Waals surface area contributed by atoms with Crippen LogP contribution >= 0.6 is 0 Å². The van der Waals surface area contributed by atoms with Crippen LogP contribution in [-0.4, -0.2) is 243 Å². The summed E-state index contributed by atoms with van der Waals surface area (Å²) in [6.07, 6.45) is -6.48. The predicted molar refractivity (Wildman–Crippen MR) is 314 cm³/mol. The van der Waals surface area contributed by atoms with E-state index in [4.69, 9.17) is 47.4 Å². The minimum atomic E-state index is -2.33. The van der Waals surface area contributed by atoms with Gasteiger partial charge in [0.05, 0.1) is 121 Å². The third-order valence-corrected chi connectivity index (χ3v) is 15.9. The number of hydrogen-bond donors (Lipinski definition) is 10. The Labute approximate surface area is 531 Å². The van der Waals surface area contributed by atoms with E-state index >= 15 is 14.4 Å². The molecule has 10 atom stereocenters. The SMILES string of the molecule is CCC(C)(CC(C)(CC(C)(CC(C)(CC(C)(CC(C)(CC(C)(CC(C)(CC(C)(CC(C)C(=O)OCCO)C(=O)OCCO)C(=O)OCCO)C(=O)OCCO)C(=O)OCCO)C(=O)OCCO)C(=O)OCCO)C(=O)OCCO)C(=O)OCCO)C(=O)OCCO. The first-order valence-electron chi connectivity index (χ1n) is 30.2. The predicted octanol–water partition coefficient (Wildman–Crippen LogP) is -0.0449. The van der Waals surface area contributed by atoms with Gasteiger partial charge in [0.2, 0.25) is 0 Å². The van der Waals surface area contributed by atoms with Crippen LogP contribution in [0.2, 0.25) is 0 Å². The molecule has 0 aliphatic carbocycles. The molecule has 91 heavy (non-hydrogen) atoms. The molecule has 0 aliphatic rings. The Balaban J connectivity index is 9.23. The lowest BCUT2D eigenvalue weighted by molar-refractivity contribution is -0.178. The third kappa shape index (κ3) is 26.0. The summed E-state index contributed by atoms with van der Waals surface area (Å²) < 4.78 is 54.5. The molecule has 0 fully saturated rings. The topological polar surface area (TPSA) is 465 Å². The van der Waals surface area contributed by atoms with E-state index in [0.29, 0.717) is 0 Å². The largest absolute Gasteiger partial charge is 0.463 e. The van der Waals surface area contributed by atoms with Gasteiger partial charge >= 0.3 is 59.7 Å². The molecule has 0 bridgehead atoms. The molecule has 10 N–H and O–H groups in total. The van der Waals surface area contributed by atoms with E-state index in [9.17, 15) is 84.6 Å². The van der Waals surface area contributed by atoms with E-state index in [1.54, 1.807) is 6.92 Å². The second-order valence-corrected chi connectivity index (χ2v) is 25.5. The average Bonchev–Trinajstić information content (AvgIpc) is 0.949. The fourth-order valence-electron chi connectivity index (χ4n) is 12.8. The maximum atomic E-state index is 15.1. The molecule has 10 unspecified atom stereocenters. The first kappa shape index (κ1) is 85.3. The van der Waals surface area contributed by atoms with E-state index in [2.05, 4.69) is 0 Å². The van der Waals surface area contributed by atoms with Crippen molar-refractivity contribution in [2.75, 3.05) is 132 Å². The molecular weight excluding hydrogens is 1210 g/mol. The van der Waals surface area contributed by atoms with E-state index in [1.807, 2.05) is 0 Å². The van der Waals surface area contributed by atoms with Gasteiger partial charge in [-0.1, -0.05) is 13.8 Å². The second-order valence-electron chi connectivity index (χ2n) is 25.5. The fraction of sp³-hybridized carbons (Fsp3) is 0.836. The van der Waals surface area contributed by atoms with Crippen LogP contribution in [-0.2, 0) is 95.3 Å². The maximum absolute atomic E-state index is 15.1. The minimum Gasteiger partial charge on any atom is -0.463 e. The molecule has 30 heteroatoms. The molecule has 0 aromatic carbocycles. The van der Waals surface area contributed by atoms with Crippen molar-refractivity contribution >= 4 is 59.7 Å². The highest BCUT2D eigenvalue weighted by molar-refractivity contribution is 5.87. The number of esters is 10. The fourth-order valence-corrected chi connectivity index (χ4v) is 12.8. The molecule has 528 valence electrons. The Morgan fingerprint density at radius 3 is 0.571 bits per heavy atom. The zero-order valence-corrected chi connectivity index (χ0v) is 54.9. The van der Waals surface area contributed by atoms with Gasteiger partial charge in [0, 0.05) is 0 Å². The van der Waals surface area contributed by atoms with Crippen LogP contribution in [0.3, 0.4) is 0 Å². The van der Waals surface area contributed by atoms with Gasteiger partial charge < -0.3 is 98.4 Å². The molecule has 0 saturated carbocycles. The molecule has 30 nitrogen and oxygen atoms in total. The molecule has 0 aromatic rings. The summed E-state index contributed by atoms with van der Waals surface area (Å²) in [6.45, 7) is 1.38. The van der Waals surface area contributed by atoms with E-state index in [0.717, 1.165) is 0 Å². The molecule has 0 saturated heterocycles. The lowest BCUT2D eigenvalue weighted by atomic mass is 9.56. The van der Waals surface area contributed by atoms with Gasteiger partial charge in [-0.2, -0.15) is 0 Å². The van der Waals surface area contributed by atoms with Gasteiger partial charge in [0.1, 0.15) is 66.1 Å². The van der Waals surface area contributed by atoms with E-state index < -0.39 is 304 Å². The monoisotopic (exact) mass is 1320 g/mol. The standard InChI is InChI=1S/C61H104O30/c1-12-53(3,44(73)83-24-14-63)34-55(5,46(75)85-26-16-65)36-57(7,48(77)87-28-18-67)38-59(9,50(79)89-30-20-69)40-61(11,52(81)91-32-22-71)41-60(10,51(80)90-31-21-70)39-58(8,49(78)88-29-19-68)37-56(6,47(76)86-27-17-66)35-54(4,45(74)84-25-15-64)33-42(2)43(72)82-23-13-62/h42,62-71H,12-41H2,1-11H3. The Morgan fingerprint density at radius 1 is 0.253 bits per heavy atom. The number of hydrogen-bond acceptors (Lipinski definition) is 30. The third-order valence-electron chi connectivity index (χ3n) is 15.9. The summed E-state index contributed by atoms with van der Waals surface area (Å²) in [5.41, 5.74) is -19.1. The zero-order chi connectivity index (χ0) is 70.1. The van der Waals surface area contributed by atoms with Crippen molar-refractivity contribution in [3.8, 4) is 0 Å². The quantitative estimate of drug-likeness (QED) is 0.0282. The maximum Gasteiger partial charge on any atom is 0.311 e.